The maximum absolute atomic E-state index is 12.9. The minimum atomic E-state index is -3.69. The number of Topliss-reactive ketones (excluding diaryl/α,β-unsaturated/α-hetero) is 1. The lowest BCUT2D eigenvalue weighted by Gasteiger charge is -2.44. The molecule has 1 N–H and O–H groups in total. The van der Waals surface area contributed by atoms with Crippen LogP contribution in [0.3, 0.4) is 0 Å². The van der Waals surface area contributed by atoms with Crippen molar-refractivity contribution in [3.63, 3.8) is 0 Å². The van der Waals surface area contributed by atoms with Gasteiger partial charge in [0, 0.05) is 19.4 Å². The van der Waals surface area contributed by atoms with Crippen LogP contribution in [-0.4, -0.2) is 53.9 Å². The molecule has 1 atom stereocenters. The summed E-state index contributed by atoms with van der Waals surface area (Å²) in [7, 11) is -3.69. The van der Waals surface area contributed by atoms with Crippen molar-refractivity contribution < 1.29 is 27.9 Å². The predicted molar refractivity (Wildman–Crippen MR) is 92.2 cm³/mol. The van der Waals surface area contributed by atoms with E-state index in [-0.39, 0.29) is 55.1 Å². The van der Waals surface area contributed by atoms with Crippen LogP contribution in [0.5, 0.6) is 0 Å². The Balaban J connectivity index is 1.94. The Morgan fingerprint density at radius 1 is 1.15 bits per heavy atom. The monoisotopic (exact) mass is 379 g/mol. The average Bonchev–Trinajstić information content (AvgIpc) is 3.00. The van der Waals surface area contributed by atoms with Gasteiger partial charge in [-0.2, -0.15) is 0 Å². The maximum Gasteiger partial charge on any atom is 0.316 e. The lowest BCUT2D eigenvalue weighted by molar-refractivity contribution is -0.150. The molecular formula is C18H21NO6S. The molecule has 0 spiro atoms. The van der Waals surface area contributed by atoms with Crippen LogP contribution in [0.2, 0.25) is 0 Å². The Morgan fingerprint density at radius 2 is 1.77 bits per heavy atom. The lowest BCUT2D eigenvalue weighted by atomic mass is 9.81. The molecule has 1 aromatic rings. The summed E-state index contributed by atoms with van der Waals surface area (Å²) in [5.41, 5.74) is -1.02. The average molecular weight is 379 g/mol. The summed E-state index contributed by atoms with van der Waals surface area (Å²) in [5, 5.41) is 9.22. The van der Waals surface area contributed by atoms with E-state index in [2.05, 4.69) is 0 Å². The highest BCUT2D eigenvalue weighted by Crippen LogP contribution is 2.39. The molecule has 1 saturated heterocycles. The topological polar surface area (TPSA) is 109 Å². The SMILES string of the molecule is O=C1CCC(CS(=O)(=O)c2ccccc2)(N2CCC(C(=O)O)C2=O)CC1. The summed E-state index contributed by atoms with van der Waals surface area (Å²) in [5.74, 6) is -3.13. The van der Waals surface area contributed by atoms with Gasteiger partial charge in [-0.1, -0.05) is 18.2 Å². The highest BCUT2D eigenvalue weighted by molar-refractivity contribution is 7.91. The molecule has 2 aliphatic rings. The molecule has 8 heteroatoms. The molecule has 26 heavy (non-hydrogen) atoms. The Kier molecular flexibility index (Phi) is 4.88. The van der Waals surface area contributed by atoms with Gasteiger partial charge in [0.1, 0.15) is 11.7 Å². The number of carboxylic acids is 1. The van der Waals surface area contributed by atoms with E-state index in [0.717, 1.165) is 0 Å². The minimum absolute atomic E-state index is 0.0409. The van der Waals surface area contributed by atoms with Crippen LogP contribution in [-0.2, 0) is 24.2 Å². The van der Waals surface area contributed by atoms with E-state index in [1.165, 1.54) is 17.0 Å². The van der Waals surface area contributed by atoms with Gasteiger partial charge in [0.15, 0.2) is 9.84 Å². The van der Waals surface area contributed by atoms with E-state index in [1.807, 2.05) is 0 Å². The molecule has 3 rings (SSSR count). The second kappa shape index (κ2) is 6.83. The minimum Gasteiger partial charge on any atom is -0.481 e. The summed E-state index contributed by atoms with van der Waals surface area (Å²) in [6.07, 6.45) is 1.05. The summed E-state index contributed by atoms with van der Waals surface area (Å²) in [4.78, 5) is 37.2. The number of likely N-dealkylation sites (tertiary alicyclic amines) is 1. The Bertz CT molecular complexity index is 822. The Labute approximate surface area is 151 Å². The number of nitrogens with zero attached hydrogens (tertiary/aromatic N) is 1. The zero-order valence-electron chi connectivity index (χ0n) is 14.3. The van der Waals surface area contributed by atoms with Crippen LogP contribution in [0.25, 0.3) is 0 Å². The molecule has 1 saturated carbocycles. The molecule has 1 amide bonds. The van der Waals surface area contributed by atoms with E-state index in [0.29, 0.717) is 0 Å². The first-order chi connectivity index (χ1) is 12.3. The first kappa shape index (κ1) is 18.6. The van der Waals surface area contributed by atoms with Gasteiger partial charge in [-0.15, -0.1) is 0 Å². The summed E-state index contributed by atoms with van der Waals surface area (Å²) < 4.78 is 25.9. The number of carboxylic acid groups (broad SMARTS) is 1. The third-order valence-electron chi connectivity index (χ3n) is 5.38. The fourth-order valence-electron chi connectivity index (χ4n) is 3.93. The van der Waals surface area contributed by atoms with E-state index in [9.17, 15) is 27.9 Å². The number of carbonyl (C=O) groups is 3. The van der Waals surface area contributed by atoms with Gasteiger partial charge < -0.3 is 10.0 Å². The van der Waals surface area contributed by atoms with Crippen molar-refractivity contribution in [3.05, 3.63) is 30.3 Å². The summed E-state index contributed by atoms with van der Waals surface area (Å²) in [6.45, 7) is 0.203. The van der Waals surface area contributed by atoms with Gasteiger partial charge in [0.05, 0.1) is 16.2 Å². The predicted octanol–water partition coefficient (Wildman–Crippen LogP) is 1.28. The number of benzene rings is 1. The van der Waals surface area contributed by atoms with Gasteiger partial charge >= 0.3 is 5.97 Å². The van der Waals surface area contributed by atoms with Gasteiger partial charge in [0.2, 0.25) is 5.91 Å². The van der Waals surface area contributed by atoms with Crippen molar-refractivity contribution in [2.24, 2.45) is 5.92 Å². The third kappa shape index (κ3) is 3.38. The number of amides is 1. The zero-order chi connectivity index (χ0) is 18.9. The molecular weight excluding hydrogens is 358 g/mol. The molecule has 0 aromatic heterocycles. The highest BCUT2D eigenvalue weighted by atomic mass is 32.2. The van der Waals surface area contributed by atoms with Crippen molar-refractivity contribution in [2.75, 3.05) is 12.3 Å². The summed E-state index contributed by atoms with van der Waals surface area (Å²) in [6, 6.07) is 7.98. The van der Waals surface area contributed by atoms with Crippen molar-refractivity contribution in [3.8, 4) is 0 Å². The highest BCUT2D eigenvalue weighted by Gasteiger charge is 2.50. The van der Waals surface area contributed by atoms with Gasteiger partial charge in [-0.3, -0.25) is 14.4 Å². The van der Waals surface area contributed by atoms with Crippen molar-refractivity contribution in [1.82, 2.24) is 4.90 Å². The molecule has 0 bridgehead atoms. The van der Waals surface area contributed by atoms with Gasteiger partial charge in [-0.05, 0) is 31.4 Å². The van der Waals surface area contributed by atoms with Crippen LogP contribution in [0.15, 0.2) is 35.2 Å². The maximum atomic E-state index is 12.9. The van der Waals surface area contributed by atoms with Crippen molar-refractivity contribution in [2.45, 2.75) is 42.5 Å². The first-order valence-corrected chi connectivity index (χ1v) is 10.2. The number of hydrogen-bond acceptors (Lipinski definition) is 5. The first-order valence-electron chi connectivity index (χ1n) is 8.59. The number of carbonyl (C=O) groups excluding carboxylic acids is 2. The molecule has 1 unspecified atom stereocenters. The second-order valence-corrected chi connectivity index (χ2v) is 8.99. The molecule has 1 heterocycles. The number of sulfone groups is 1. The number of ketones is 1. The standard InChI is InChI=1S/C18H21NO6S/c20-13-6-9-18(10-7-13,19-11-8-15(16(19)21)17(22)23)12-26(24,25)14-4-2-1-3-5-14/h1-5,15H,6-12H2,(H,22,23). The molecule has 7 nitrogen and oxygen atoms in total. The zero-order valence-corrected chi connectivity index (χ0v) is 15.1. The van der Waals surface area contributed by atoms with Crippen LogP contribution < -0.4 is 0 Å². The molecule has 1 aliphatic heterocycles. The molecule has 140 valence electrons. The fraction of sp³-hybridized carbons (Fsp3) is 0.500. The number of aliphatic carboxylic acids is 1. The van der Waals surface area contributed by atoms with Gasteiger partial charge in [-0.25, -0.2) is 8.42 Å². The summed E-state index contributed by atoms with van der Waals surface area (Å²) >= 11 is 0. The van der Waals surface area contributed by atoms with Crippen LogP contribution in [0.1, 0.15) is 32.1 Å². The van der Waals surface area contributed by atoms with E-state index < -0.39 is 33.2 Å². The number of hydrogen-bond donors (Lipinski definition) is 1. The fourth-order valence-corrected chi connectivity index (χ4v) is 5.82. The van der Waals surface area contributed by atoms with E-state index in [1.54, 1.807) is 18.2 Å². The van der Waals surface area contributed by atoms with Crippen LogP contribution in [0, 0.1) is 5.92 Å². The molecule has 2 fully saturated rings. The third-order valence-corrected chi connectivity index (χ3v) is 7.28. The molecule has 1 aliphatic carbocycles. The van der Waals surface area contributed by atoms with Crippen LogP contribution >= 0.6 is 0 Å². The molecule has 0 radical (unpaired) electrons. The normalized spacial score (nSPS) is 23.2. The van der Waals surface area contributed by atoms with Crippen LogP contribution in [0.4, 0.5) is 0 Å². The lowest BCUT2D eigenvalue weighted by Crippen LogP contribution is -2.56. The largest absolute Gasteiger partial charge is 0.481 e. The second-order valence-electron chi connectivity index (χ2n) is 7.00. The van der Waals surface area contributed by atoms with Crippen molar-refractivity contribution >= 4 is 27.5 Å². The van der Waals surface area contributed by atoms with Gasteiger partial charge in [0.25, 0.3) is 0 Å². The quantitative estimate of drug-likeness (QED) is 0.772. The van der Waals surface area contributed by atoms with E-state index >= 15 is 0 Å². The number of rotatable bonds is 5. The Hall–Kier alpha value is -2.22. The smallest absolute Gasteiger partial charge is 0.316 e. The molecule has 1 aromatic carbocycles. The van der Waals surface area contributed by atoms with Crippen molar-refractivity contribution in [1.29, 1.82) is 0 Å². The van der Waals surface area contributed by atoms with E-state index in [4.69, 9.17) is 0 Å². The Morgan fingerprint density at radius 3 is 2.31 bits per heavy atom.